The number of nitrogens with zero attached hydrogens (tertiary/aromatic N) is 5. The van der Waals surface area contributed by atoms with Crippen LogP contribution in [-0.4, -0.2) is 70.3 Å². The molecule has 5 rings (SSSR count). The molecule has 244 valence electrons. The Morgan fingerprint density at radius 1 is 1.09 bits per heavy atom. The number of benzene rings is 2. The molecule has 2 aromatic heterocycles. The van der Waals surface area contributed by atoms with Gasteiger partial charge in [0.1, 0.15) is 16.5 Å². The lowest BCUT2D eigenvalue weighted by Crippen LogP contribution is -2.36. The van der Waals surface area contributed by atoms with Gasteiger partial charge in [-0.15, -0.1) is 5.10 Å². The first-order chi connectivity index (χ1) is 22.0. The van der Waals surface area contributed by atoms with E-state index in [1.807, 2.05) is 62.7 Å². The summed E-state index contributed by atoms with van der Waals surface area (Å²) in [7, 11) is -3.90. The Morgan fingerprint density at radius 2 is 1.87 bits per heavy atom. The minimum Gasteiger partial charge on any atom is -0.472 e. The SMILES string of the molecule is CC[C@@H]1CN(Cc2cc(C(CC(=O)NCCNC(C)=O)c3ccc4c(nnn4CC)c3C)ccc2C)S(=O)(=O)c2cccnc2O1. The molecule has 1 aliphatic rings. The molecule has 0 saturated heterocycles. The van der Waals surface area contributed by atoms with Crippen molar-refractivity contribution >= 4 is 32.9 Å². The van der Waals surface area contributed by atoms with Crippen LogP contribution in [0.5, 0.6) is 5.88 Å². The molecule has 4 aromatic rings. The Labute approximate surface area is 269 Å². The van der Waals surface area contributed by atoms with Gasteiger partial charge in [0.2, 0.25) is 27.7 Å². The number of fused-ring (bicyclic) bond motifs is 2. The number of ether oxygens (including phenoxy) is 1. The summed E-state index contributed by atoms with van der Waals surface area (Å²) < 4.78 is 37.0. The van der Waals surface area contributed by atoms with Crippen molar-refractivity contribution in [1.82, 2.24) is 34.9 Å². The van der Waals surface area contributed by atoms with Gasteiger partial charge in [-0.3, -0.25) is 9.59 Å². The van der Waals surface area contributed by atoms with Gasteiger partial charge in [0, 0.05) is 51.6 Å². The van der Waals surface area contributed by atoms with E-state index in [1.54, 1.807) is 6.07 Å². The third-order valence-corrected chi connectivity index (χ3v) is 10.3. The third kappa shape index (κ3) is 6.90. The Hall–Kier alpha value is -4.36. The Kier molecular flexibility index (Phi) is 10.0. The van der Waals surface area contributed by atoms with Crippen LogP contribution in [-0.2, 0) is 32.7 Å². The highest BCUT2D eigenvalue weighted by Gasteiger charge is 2.35. The van der Waals surface area contributed by atoms with Gasteiger partial charge in [-0.25, -0.2) is 18.1 Å². The van der Waals surface area contributed by atoms with Crippen LogP contribution in [0.1, 0.15) is 67.3 Å². The van der Waals surface area contributed by atoms with Crippen LogP contribution in [0.4, 0.5) is 0 Å². The molecule has 0 fully saturated rings. The van der Waals surface area contributed by atoms with Crippen LogP contribution in [0.2, 0.25) is 0 Å². The zero-order chi connectivity index (χ0) is 33.0. The van der Waals surface area contributed by atoms with E-state index >= 15 is 0 Å². The van der Waals surface area contributed by atoms with Gasteiger partial charge in [-0.2, -0.15) is 4.31 Å². The summed E-state index contributed by atoms with van der Waals surface area (Å²) in [5.74, 6) is -0.561. The topological polar surface area (TPSA) is 148 Å². The number of aromatic nitrogens is 4. The molecule has 2 N–H and O–H groups in total. The molecule has 0 saturated carbocycles. The van der Waals surface area contributed by atoms with Crippen molar-refractivity contribution in [2.75, 3.05) is 19.6 Å². The molecule has 46 heavy (non-hydrogen) atoms. The monoisotopic (exact) mass is 647 g/mol. The van der Waals surface area contributed by atoms with Gasteiger partial charge in [-0.1, -0.05) is 36.4 Å². The van der Waals surface area contributed by atoms with E-state index in [2.05, 4.69) is 25.9 Å². The fraction of sp³-hybridized carbons (Fsp3) is 0.424. The lowest BCUT2D eigenvalue weighted by atomic mass is 9.84. The molecule has 1 aliphatic heterocycles. The number of amides is 2. The molecular formula is C33H41N7O5S. The zero-order valence-corrected chi connectivity index (χ0v) is 27.7. The molecule has 3 heterocycles. The van der Waals surface area contributed by atoms with E-state index in [0.717, 1.165) is 38.9 Å². The molecule has 13 heteroatoms. The second-order valence-electron chi connectivity index (χ2n) is 11.6. The summed E-state index contributed by atoms with van der Waals surface area (Å²) in [6.45, 7) is 11.0. The minimum atomic E-state index is -3.90. The largest absolute Gasteiger partial charge is 0.472 e. The number of nitrogens with one attached hydrogen (secondary N) is 2. The molecule has 0 bridgehead atoms. The third-order valence-electron chi connectivity index (χ3n) is 8.49. The zero-order valence-electron chi connectivity index (χ0n) is 26.9. The smallest absolute Gasteiger partial charge is 0.248 e. The first-order valence-electron chi connectivity index (χ1n) is 15.6. The van der Waals surface area contributed by atoms with E-state index in [4.69, 9.17) is 4.74 Å². The van der Waals surface area contributed by atoms with Crippen molar-refractivity contribution in [2.45, 2.75) is 77.5 Å². The Morgan fingerprint density at radius 3 is 2.61 bits per heavy atom. The van der Waals surface area contributed by atoms with Crippen LogP contribution >= 0.6 is 0 Å². The molecule has 2 aromatic carbocycles. The van der Waals surface area contributed by atoms with E-state index in [-0.39, 0.29) is 54.1 Å². The van der Waals surface area contributed by atoms with Crippen molar-refractivity contribution in [3.05, 3.63) is 76.5 Å². The predicted molar refractivity (Wildman–Crippen MR) is 174 cm³/mol. The standard InChI is InChI=1S/C33H41N7O5S/c1-6-26-20-39(46(43,44)30-9-8-14-36-33(30)45-26)19-25-17-24(11-10-21(25)3)28(18-31(42)35-16-15-34-23(5)41)27-12-13-29-32(22(27)4)37-38-40(29)7-2/h8-14,17,26,28H,6-7,15-16,18-20H2,1-5H3,(H,34,41)(H,35,42)/t26-,28?/m1/s1. The van der Waals surface area contributed by atoms with Crippen molar-refractivity contribution in [3.63, 3.8) is 0 Å². The summed E-state index contributed by atoms with van der Waals surface area (Å²) in [5.41, 5.74) is 6.19. The van der Waals surface area contributed by atoms with Crippen molar-refractivity contribution < 1.29 is 22.7 Å². The highest BCUT2D eigenvalue weighted by Crippen LogP contribution is 2.36. The van der Waals surface area contributed by atoms with Gasteiger partial charge < -0.3 is 15.4 Å². The summed E-state index contributed by atoms with van der Waals surface area (Å²) >= 11 is 0. The lowest BCUT2D eigenvalue weighted by Gasteiger charge is -2.25. The molecule has 0 radical (unpaired) electrons. The number of sulfonamides is 1. The normalized spacial score (nSPS) is 16.7. The van der Waals surface area contributed by atoms with E-state index in [1.165, 1.54) is 23.5 Å². The number of carbonyl (C=O) groups excluding carboxylic acids is 2. The summed E-state index contributed by atoms with van der Waals surface area (Å²) in [4.78, 5) is 28.8. The first kappa shape index (κ1) is 33.0. The van der Waals surface area contributed by atoms with Gasteiger partial charge in [0.25, 0.3) is 0 Å². The van der Waals surface area contributed by atoms with Gasteiger partial charge in [0.05, 0.1) is 12.1 Å². The average molecular weight is 648 g/mol. The molecule has 0 spiro atoms. The van der Waals surface area contributed by atoms with Crippen LogP contribution in [0.15, 0.2) is 53.6 Å². The maximum atomic E-state index is 13.9. The van der Waals surface area contributed by atoms with Crippen molar-refractivity contribution in [3.8, 4) is 5.88 Å². The Balaban J connectivity index is 1.52. The fourth-order valence-electron chi connectivity index (χ4n) is 5.85. The summed E-state index contributed by atoms with van der Waals surface area (Å²) in [6, 6.07) is 13.1. The fourth-order valence-corrected chi connectivity index (χ4v) is 7.37. The quantitative estimate of drug-likeness (QED) is 0.235. The number of carbonyl (C=O) groups is 2. The molecule has 1 unspecified atom stereocenters. The average Bonchev–Trinajstić information content (AvgIpc) is 3.42. The van der Waals surface area contributed by atoms with Gasteiger partial charge in [-0.05, 0) is 73.2 Å². The van der Waals surface area contributed by atoms with Gasteiger partial charge >= 0.3 is 0 Å². The molecule has 2 atom stereocenters. The number of hydrogen-bond donors (Lipinski definition) is 2. The summed E-state index contributed by atoms with van der Waals surface area (Å²) in [5, 5.41) is 14.3. The van der Waals surface area contributed by atoms with Crippen molar-refractivity contribution in [1.29, 1.82) is 0 Å². The van der Waals surface area contributed by atoms with Crippen LogP contribution in [0.25, 0.3) is 11.0 Å². The van der Waals surface area contributed by atoms with Crippen molar-refractivity contribution in [2.24, 2.45) is 0 Å². The Bertz CT molecular complexity index is 1860. The van der Waals surface area contributed by atoms with Crippen LogP contribution in [0.3, 0.4) is 0 Å². The summed E-state index contributed by atoms with van der Waals surface area (Å²) in [6.07, 6.45) is 1.94. The highest BCUT2D eigenvalue weighted by molar-refractivity contribution is 7.89. The first-order valence-corrected chi connectivity index (χ1v) is 17.0. The second-order valence-corrected chi connectivity index (χ2v) is 13.5. The lowest BCUT2D eigenvalue weighted by molar-refractivity contribution is -0.122. The molecule has 2 amide bonds. The number of rotatable bonds is 11. The molecule has 12 nitrogen and oxygen atoms in total. The number of aryl methyl sites for hydroxylation is 3. The maximum Gasteiger partial charge on any atom is 0.248 e. The van der Waals surface area contributed by atoms with E-state index in [9.17, 15) is 18.0 Å². The minimum absolute atomic E-state index is 0.0534. The second kappa shape index (κ2) is 14.0. The van der Waals surface area contributed by atoms with E-state index in [0.29, 0.717) is 26.1 Å². The number of pyridine rings is 1. The van der Waals surface area contributed by atoms with Gasteiger partial charge in [0.15, 0.2) is 0 Å². The van der Waals surface area contributed by atoms with E-state index < -0.39 is 10.0 Å². The van der Waals surface area contributed by atoms with Crippen LogP contribution in [0, 0.1) is 13.8 Å². The predicted octanol–water partition coefficient (Wildman–Crippen LogP) is 3.60. The maximum absolute atomic E-state index is 13.9. The van der Waals surface area contributed by atoms with Crippen LogP contribution < -0.4 is 15.4 Å². The highest BCUT2D eigenvalue weighted by atomic mass is 32.2. The molecular weight excluding hydrogens is 606 g/mol. The molecule has 0 aliphatic carbocycles. The number of hydrogen-bond acceptors (Lipinski definition) is 8.